The highest BCUT2D eigenvalue weighted by Crippen LogP contribution is 2.29. The molecule has 1 aliphatic rings. The summed E-state index contributed by atoms with van der Waals surface area (Å²) in [5.41, 5.74) is 0. The minimum Gasteiger partial charge on any atom is -0.385 e. The van der Waals surface area contributed by atoms with Gasteiger partial charge < -0.3 is 14.2 Å². The molecule has 2 atom stereocenters. The third kappa shape index (κ3) is 4.02. The molecule has 0 spiro atoms. The van der Waals surface area contributed by atoms with Crippen molar-refractivity contribution in [1.82, 2.24) is 24.6 Å². The molecule has 0 saturated carbocycles. The van der Waals surface area contributed by atoms with Crippen molar-refractivity contribution in [2.45, 2.75) is 45.8 Å². The molecule has 3 heterocycles. The summed E-state index contributed by atoms with van der Waals surface area (Å²) in [5.74, 6) is 2.87. The Morgan fingerprint density at radius 2 is 2.25 bits per heavy atom. The first kappa shape index (κ1) is 17.1. The first-order valence-electron chi connectivity index (χ1n) is 8.72. The van der Waals surface area contributed by atoms with Gasteiger partial charge in [0.25, 0.3) is 0 Å². The third-order valence-corrected chi connectivity index (χ3v) is 4.57. The number of nitrogens with zero attached hydrogens (tertiary/aromatic N) is 5. The average Bonchev–Trinajstić information content (AvgIpc) is 3.15. The smallest absolute Gasteiger partial charge is 0.240 e. The molecule has 1 saturated heterocycles. The molecular formula is C17H27N5O2. The van der Waals surface area contributed by atoms with E-state index in [1.807, 2.05) is 17.8 Å². The van der Waals surface area contributed by atoms with Gasteiger partial charge in [-0.05, 0) is 25.3 Å². The normalized spacial score (nSPS) is 20.6. The number of aromatic nitrogens is 4. The lowest BCUT2D eigenvalue weighted by Crippen LogP contribution is -2.38. The van der Waals surface area contributed by atoms with Crippen LogP contribution >= 0.6 is 0 Å². The summed E-state index contributed by atoms with van der Waals surface area (Å²) in [5, 5.41) is 14.7. The summed E-state index contributed by atoms with van der Waals surface area (Å²) in [6, 6.07) is 0. The van der Waals surface area contributed by atoms with Crippen LogP contribution in [0.2, 0.25) is 0 Å². The zero-order chi connectivity index (χ0) is 17.1. The minimum absolute atomic E-state index is 0.179. The second kappa shape index (κ2) is 7.44. The number of piperidine rings is 1. The van der Waals surface area contributed by atoms with E-state index in [4.69, 9.17) is 4.52 Å². The van der Waals surface area contributed by atoms with Gasteiger partial charge in [0.05, 0.1) is 6.54 Å². The third-order valence-electron chi connectivity index (χ3n) is 4.57. The van der Waals surface area contributed by atoms with Crippen LogP contribution in [0.1, 0.15) is 50.3 Å². The molecule has 0 aromatic carbocycles. The lowest BCUT2D eigenvalue weighted by molar-refractivity contribution is 0.0372. The molecule has 3 rings (SSSR count). The van der Waals surface area contributed by atoms with Crippen LogP contribution in [0.4, 0.5) is 0 Å². The van der Waals surface area contributed by atoms with E-state index in [0.29, 0.717) is 18.4 Å². The Morgan fingerprint density at radius 1 is 1.42 bits per heavy atom. The fourth-order valence-electron chi connectivity index (χ4n) is 3.36. The van der Waals surface area contributed by atoms with Gasteiger partial charge in [-0.25, -0.2) is 4.98 Å². The Balaban J connectivity index is 1.59. The molecule has 2 aromatic rings. The maximum absolute atomic E-state index is 10.6. The first-order chi connectivity index (χ1) is 11.5. The standard InChI is InChI=1S/C17H27N5O2/c1-12(2)9-14-19-15(24-20-14)11-22-7-4-5-13(10-22)16(23)17-18-6-8-21(17)3/h6,8,12-13,16,23H,4-5,7,9-11H2,1-3H3/t13-,16+/m0/s1. The highest BCUT2D eigenvalue weighted by Gasteiger charge is 2.29. The fourth-order valence-corrected chi connectivity index (χ4v) is 3.36. The molecule has 24 heavy (non-hydrogen) atoms. The van der Waals surface area contributed by atoms with Gasteiger partial charge in [-0.3, -0.25) is 4.90 Å². The van der Waals surface area contributed by atoms with E-state index >= 15 is 0 Å². The number of rotatable bonds is 6. The van der Waals surface area contributed by atoms with Crippen molar-refractivity contribution in [3.8, 4) is 0 Å². The number of likely N-dealkylation sites (tertiary alicyclic amines) is 1. The average molecular weight is 333 g/mol. The largest absolute Gasteiger partial charge is 0.385 e. The summed E-state index contributed by atoms with van der Waals surface area (Å²) in [6.45, 7) is 6.74. The molecule has 0 amide bonds. The SMILES string of the molecule is CC(C)Cc1noc(CN2CCC[C@H]([C@@H](O)c3nccn3C)C2)n1. The molecule has 0 bridgehead atoms. The molecule has 7 heteroatoms. The van der Waals surface area contributed by atoms with Crippen LogP contribution < -0.4 is 0 Å². The van der Waals surface area contributed by atoms with Crippen LogP contribution in [-0.2, 0) is 20.0 Å². The second-order valence-corrected chi connectivity index (χ2v) is 7.18. The number of aliphatic hydroxyl groups excluding tert-OH is 1. The highest BCUT2D eigenvalue weighted by molar-refractivity contribution is 4.99. The van der Waals surface area contributed by atoms with Crippen LogP contribution in [0.15, 0.2) is 16.9 Å². The molecule has 1 aliphatic heterocycles. The molecule has 7 nitrogen and oxygen atoms in total. The van der Waals surface area contributed by atoms with Crippen molar-refractivity contribution in [2.24, 2.45) is 18.9 Å². The van der Waals surface area contributed by atoms with Crippen molar-refractivity contribution < 1.29 is 9.63 Å². The second-order valence-electron chi connectivity index (χ2n) is 7.18. The lowest BCUT2D eigenvalue weighted by Gasteiger charge is -2.34. The molecule has 0 unspecified atom stereocenters. The molecular weight excluding hydrogens is 306 g/mol. The van der Waals surface area contributed by atoms with Crippen molar-refractivity contribution in [2.75, 3.05) is 13.1 Å². The summed E-state index contributed by atoms with van der Waals surface area (Å²) < 4.78 is 7.26. The summed E-state index contributed by atoms with van der Waals surface area (Å²) in [6.07, 6.45) is 5.96. The fraction of sp³-hybridized carbons (Fsp3) is 0.706. The van der Waals surface area contributed by atoms with E-state index < -0.39 is 6.10 Å². The molecule has 0 radical (unpaired) electrons. The lowest BCUT2D eigenvalue weighted by atomic mass is 9.92. The van der Waals surface area contributed by atoms with Gasteiger partial charge in [-0.2, -0.15) is 4.98 Å². The van der Waals surface area contributed by atoms with E-state index in [-0.39, 0.29) is 5.92 Å². The van der Waals surface area contributed by atoms with E-state index in [2.05, 4.69) is 33.9 Å². The molecule has 1 N–H and O–H groups in total. The van der Waals surface area contributed by atoms with Gasteiger partial charge in [0, 0.05) is 38.3 Å². The summed E-state index contributed by atoms with van der Waals surface area (Å²) >= 11 is 0. The molecule has 1 fully saturated rings. The predicted molar refractivity (Wildman–Crippen MR) is 89.0 cm³/mol. The first-order valence-corrected chi connectivity index (χ1v) is 8.72. The van der Waals surface area contributed by atoms with E-state index in [9.17, 15) is 5.11 Å². The van der Waals surface area contributed by atoms with Gasteiger partial charge in [-0.15, -0.1) is 0 Å². The van der Waals surface area contributed by atoms with Gasteiger partial charge in [0.2, 0.25) is 5.89 Å². The van der Waals surface area contributed by atoms with Gasteiger partial charge in [-0.1, -0.05) is 19.0 Å². The maximum atomic E-state index is 10.6. The number of aliphatic hydroxyl groups is 1. The molecule has 132 valence electrons. The number of hydrogen-bond acceptors (Lipinski definition) is 6. The molecule has 0 aliphatic carbocycles. The zero-order valence-electron chi connectivity index (χ0n) is 14.7. The zero-order valence-corrected chi connectivity index (χ0v) is 14.7. The Morgan fingerprint density at radius 3 is 2.96 bits per heavy atom. The summed E-state index contributed by atoms with van der Waals surface area (Å²) in [7, 11) is 1.92. The maximum Gasteiger partial charge on any atom is 0.240 e. The van der Waals surface area contributed by atoms with Crippen molar-refractivity contribution in [1.29, 1.82) is 0 Å². The number of imidazole rings is 1. The van der Waals surface area contributed by atoms with Crippen LogP contribution in [0.3, 0.4) is 0 Å². The Bertz CT molecular complexity index is 651. The van der Waals surface area contributed by atoms with Crippen LogP contribution in [0.5, 0.6) is 0 Å². The van der Waals surface area contributed by atoms with Crippen LogP contribution in [0, 0.1) is 11.8 Å². The van der Waals surface area contributed by atoms with Crippen LogP contribution in [-0.4, -0.2) is 42.8 Å². The monoisotopic (exact) mass is 333 g/mol. The van der Waals surface area contributed by atoms with Crippen LogP contribution in [0.25, 0.3) is 0 Å². The topological polar surface area (TPSA) is 80.2 Å². The van der Waals surface area contributed by atoms with Crippen molar-refractivity contribution >= 4 is 0 Å². The number of aryl methyl sites for hydroxylation is 1. The van der Waals surface area contributed by atoms with E-state index in [1.54, 1.807) is 6.20 Å². The summed E-state index contributed by atoms with van der Waals surface area (Å²) in [4.78, 5) is 11.0. The number of hydrogen-bond donors (Lipinski definition) is 1. The predicted octanol–water partition coefficient (Wildman–Crippen LogP) is 1.95. The van der Waals surface area contributed by atoms with E-state index in [1.165, 1.54) is 0 Å². The highest BCUT2D eigenvalue weighted by atomic mass is 16.5. The Labute approximate surface area is 142 Å². The quantitative estimate of drug-likeness (QED) is 0.870. The van der Waals surface area contributed by atoms with Gasteiger partial charge in [0.1, 0.15) is 11.9 Å². The van der Waals surface area contributed by atoms with Crippen molar-refractivity contribution in [3.05, 3.63) is 29.9 Å². The van der Waals surface area contributed by atoms with Crippen molar-refractivity contribution in [3.63, 3.8) is 0 Å². The van der Waals surface area contributed by atoms with Gasteiger partial charge in [0.15, 0.2) is 5.82 Å². The Hall–Kier alpha value is -1.73. The molecule has 2 aromatic heterocycles. The Kier molecular flexibility index (Phi) is 5.30. The van der Waals surface area contributed by atoms with Gasteiger partial charge >= 0.3 is 0 Å². The minimum atomic E-state index is -0.535. The van der Waals surface area contributed by atoms with E-state index in [0.717, 1.165) is 44.0 Å².